The Labute approximate surface area is 122 Å². The number of aromatic carboxylic acids is 1. The highest BCUT2D eigenvalue weighted by molar-refractivity contribution is 14.1. The van der Waals surface area contributed by atoms with Crippen molar-refractivity contribution in [2.45, 2.75) is 13.5 Å². The van der Waals surface area contributed by atoms with Gasteiger partial charge >= 0.3 is 5.97 Å². The van der Waals surface area contributed by atoms with Gasteiger partial charge in [-0.25, -0.2) is 9.78 Å². The first-order chi connectivity index (χ1) is 8.56. The predicted molar refractivity (Wildman–Crippen MR) is 77.3 cm³/mol. The van der Waals surface area contributed by atoms with Gasteiger partial charge in [0.1, 0.15) is 22.9 Å². The van der Waals surface area contributed by atoms with Gasteiger partial charge in [-0.05, 0) is 47.7 Å². The summed E-state index contributed by atoms with van der Waals surface area (Å²) in [5.74, 6) is -0.616. The van der Waals surface area contributed by atoms with Gasteiger partial charge < -0.3 is 9.84 Å². The monoisotopic (exact) mass is 375 g/mol. The van der Waals surface area contributed by atoms with Crippen molar-refractivity contribution in [1.29, 1.82) is 0 Å². The minimum Gasteiger partial charge on any atom is -0.486 e. The lowest BCUT2D eigenvalue weighted by Gasteiger charge is -2.07. The first-order valence-electron chi connectivity index (χ1n) is 5.13. The van der Waals surface area contributed by atoms with Crippen LogP contribution in [0.1, 0.15) is 21.1 Å². The molecular formula is C12H10INO3S. The third-order valence-corrected chi connectivity index (χ3v) is 3.80. The molecule has 6 heteroatoms. The quantitative estimate of drug-likeness (QED) is 0.833. The lowest BCUT2D eigenvalue weighted by Crippen LogP contribution is -2.03. The summed E-state index contributed by atoms with van der Waals surface area (Å²) in [5.41, 5.74) is 1.12. The molecule has 0 aliphatic carbocycles. The molecule has 0 aliphatic rings. The Morgan fingerprint density at radius 2 is 2.33 bits per heavy atom. The molecule has 0 spiro atoms. The van der Waals surface area contributed by atoms with Crippen LogP contribution in [0.5, 0.6) is 5.75 Å². The van der Waals surface area contributed by atoms with E-state index in [9.17, 15) is 4.79 Å². The molecule has 1 aromatic heterocycles. The molecule has 4 nitrogen and oxygen atoms in total. The Balaban J connectivity index is 2.16. The molecule has 2 rings (SSSR count). The third-order valence-electron chi connectivity index (χ3n) is 2.19. The largest absolute Gasteiger partial charge is 0.486 e. The summed E-state index contributed by atoms with van der Waals surface area (Å²) in [6.45, 7) is 2.20. The Morgan fingerprint density at radius 1 is 1.56 bits per heavy atom. The minimum atomic E-state index is -0.987. The summed E-state index contributed by atoms with van der Waals surface area (Å²) in [6.07, 6.45) is 0. The van der Waals surface area contributed by atoms with Crippen LogP contribution in [-0.2, 0) is 6.61 Å². The van der Waals surface area contributed by atoms with E-state index in [0.717, 1.165) is 14.3 Å². The van der Waals surface area contributed by atoms with Gasteiger partial charge in [-0.2, -0.15) is 0 Å². The van der Waals surface area contributed by atoms with Crippen LogP contribution in [0.4, 0.5) is 0 Å². The smallest absolute Gasteiger partial charge is 0.339 e. The van der Waals surface area contributed by atoms with Crippen molar-refractivity contribution in [2.24, 2.45) is 0 Å². The first kappa shape index (κ1) is 13.3. The van der Waals surface area contributed by atoms with Gasteiger partial charge in [0, 0.05) is 14.6 Å². The van der Waals surface area contributed by atoms with Gasteiger partial charge in [-0.3, -0.25) is 0 Å². The van der Waals surface area contributed by atoms with Crippen LogP contribution in [0, 0.1) is 10.5 Å². The topological polar surface area (TPSA) is 59.4 Å². The van der Waals surface area contributed by atoms with E-state index in [-0.39, 0.29) is 5.56 Å². The van der Waals surface area contributed by atoms with Crippen LogP contribution >= 0.6 is 33.9 Å². The Hall–Kier alpha value is -1.15. The number of carboxylic acids is 1. The number of carbonyl (C=O) groups is 1. The van der Waals surface area contributed by atoms with Crippen molar-refractivity contribution in [3.8, 4) is 5.75 Å². The number of nitrogens with zero attached hydrogens (tertiary/aromatic N) is 1. The fourth-order valence-electron chi connectivity index (χ4n) is 1.40. The summed E-state index contributed by atoms with van der Waals surface area (Å²) < 4.78 is 6.38. The molecule has 0 saturated heterocycles. The number of halogens is 1. The number of ether oxygens (including phenoxy) is 1. The van der Waals surface area contributed by atoms with Crippen molar-refractivity contribution in [1.82, 2.24) is 4.98 Å². The number of aryl methyl sites for hydroxylation is 1. The number of thiazole rings is 1. The van der Waals surface area contributed by atoms with Gasteiger partial charge in [0.05, 0.1) is 0 Å². The number of aromatic nitrogens is 1. The van der Waals surface area contributed by atoms with Crippen LogP contribution in [-0.4, -0.2) is 16.1 Å². The van der Waals surface area contributed by atoms with Crippen LogP contribution in [0.15, 0.2) is 23.6 Å². The molecule has 0 radical (unpaired) electrons. The van der Waals surface area contributed by atoms with E-state index >= 15 is 0 Å². The highest BCUT2D eigenvalue weighted by atomic mass is 127. The second-order valence-electron chi connectivity index (χ2n) is 3.62. The fourth-order valence-corrected chi connectivity index (χ4v) is 2.58. The number of carboxylic acid groups (broad SMARTS) is 1. The third kappa shape index (κ3) is 3.20. The Bertz CT molecular complexity index is 582. The van der Waals surface area contributed by atoms with E-state index < -0.39 is 5.97 Å². The molecule has 0 amide bonds. The van der Waals surface area contributed by atoms with Crippen molar-refractivity contribution in [2.75, 3.05) is 0 Å². The minimum absolute atomic E-state index is 0.176. The molecule has 94 valence electrons. The van der Waals surface area contributed by atoms with Crippen LogP contribution < -0.4 is 4.74 Å². The molecule has 1 N–H and O–H groups in total. The number of benzene rings is 1. The van der Waals surface area contributed by atoms with Crippen molar-refractivity contribution >= 4 is 39.9 Å². The molecule has 0 bridgehead atoms. The maximum atomic E-state index is 11.1. The van der Waals surface area contributed by atoms with E-state index in [4.69, 9.17) is 9.84 Å². The molecule has 0 aliphatic heterocycles. The van der Waals surface area contributed by atoms with E-state index in [1.165, 1.54) is 11.3 Å². The molecule has 18 heavy (non-hydrogen) atoms. The van der Waals surface area contributed by atoms with Gasteiger partial charge in [-0.15, -0.1) is 11.3 Å². The molecule has 0 atom stereocenters. The van der Waals surface area contributed by atoms with Crippen LogP contribution in [0.3, 0.4) is 0 Å². The second-order valence-corrected chi connectivity index (χ2v) is 5.81. The van der Waals surface area contributed by atoms with Crippen molar-refractivity contribution in [3.63, 3.8) is 0 Å². The van der Waals surface area contributed by atoms with Crippen LogP contribution in [0.25, 0.3) is 0 Å². The predicted octanol–water partition coefficient (Wildman–Crippen LogP) is 3.33. The van der Waals surface area contributed by atoms with Gasteiger partial charge in [0.2, 0.25) is 0 Å². The zero-order valence-corrected chi connectivity index (χ0v) is 12.5. The lowest BCUT2D eigenvalue weighted by atomic mass is 10.2. The normalized spacial score (nSPS) is 10.3. The second kappa shape index (κ2) is 5.66. The summed E-state index contributed by atoms with van der Waals surface area (Å²) in [6, 6.07) is 5.08. The number of hydrogen-bond donors (Lipinski definition) is 1. The van der Waals surface area contributed by atoms with E-state index in [1.54, 1.807) is 12.1 Å². The van der Waals surface area contributed by atoms with Crippen molar-refractivity contribution in [3.05, 3.63) is 43.4 Å². The highest BCUT2D eigenvalue weighted by Crippen LogP contribution is 2.23. The molecule has 0 saturated carbocycles. The molecule has 1 aromatic carbocycles. The van der Waals surface area contributed by atoms with Crippen molar-refractivity contribution < 1.29 is 14.6 Å². The van der Waals surface area contributed by atoms with Gasteiger partial charge in [0.15, 0.2) is 0 Å². The summed E-state index contributed by atoms with van der Waals surface area (Å²) in [4.78, 5) is 15.4. The molecule has 0 fully saturated rings. The Kier molecular flexibility index (Phi) is 4.18. The zero-order chi connectivity index (χ0) is 13.1. The SMILES string of the molecule is Cc1csc(COc2ccc(I)cc2C(=O)O)n1. The summed E-state index contributed by atoms with van der Waals surface area (Å²) in [7, 11) is 0. The van der Waals surface area contributed by atoms with Crippen LogP contribution in [0.2, 0.25) is 0 Å². The summed E-state index contributed by atoms with van der Waals surface area (Å²) in [5, 5.41) is 11.9. The average molecular weight is 375 g/mol. The van der Waals surface area contributed by atoms with E-state index in [1.807, 2.05) is 18.4 Å². The zero-order valence-electron chi connectivity index (χ0n) is 9.51. The van der Waals surface area contributed by atoms with Gasteiger partial charge in [0.25, 0.3) is 0 Å². The molecular weight excluding hydrogens is 365 g/mol. The van der Waals surface area contributed by atoms with E-state index in [0.29, 0.717) is 12.4 Å². The maximum Gasteiger partial charge on any atom is 0.339 e. The fraction of sp³-hybridized carbons (Fsp3) is 0.167. The molecule has 1 heterocycles. The molecule has 2 aromatic rings. The average Bonchev–Trinajstić information content (AvgIpc) is 2.73. The summed E-state index contributed by atoms with van der Waals surface area (Å²) >= 11 is 3.57. The standard InChI is InChI=1S/C12H10INO3S/c1-7-6-18-11(14-7)5-17-10-3-2-8(13)4-9(10)12(15)16/h2-4,6H,5H2,1H3,(H,15,16). The highest BCUT2D eigenvalue weighted by Gasteiger charge is 2.12. The Morgan fingerprint density at radius 3 is 2.94 bits per heavy atom. The molecule has 0 unspecified atom stereocenters. The maximum absolute atomic E-state index is 11.1. The van der Waals surface area contributed by atoms with E-state index in [2.05, 4.69) is 27.6 Å². The number of hydrogen-bond acceptors (Lipinski definition) is 4. The van der Waals surface area contributed by atoms with Gasteiger partial charge in [-0.1, -0.05) is 0 Å². The number of rotatable bonds is 4. The first-order valence-corrected chi connectivity index (χ1v) is 7.09. The lowest BCUT2D eigenvalue weighted by molar-refractivity contribution is 0.0691.